The number of benzene rings is 1. The molecule has 0 bridgehead atoms. The third-order valence-electron chi connectivity index (χ3n) is 5.59. The zero-order valence-corrected chi connectivity index (χ0v) is 14.7. The van der Waals surface area contributed by atoms with Crippen LogP contribution >= 0.6 is 0 Å². The number of fused-ring (bicyclic) bond motifs is 1. The first-order valence-electron chi connectivity index (χ1n) is 9.27. The van der Waals surface area contributed by atoms with Crippen LogP contribution in [0.2, 0.25) is 0 Å². The van der Waals surface area contributed by atoms with Crippen molar-refractivity contribution in [2.45, 2.75) is 37.5 Å². The molecule has 1 aliphatic heterocycles. The lowest BCUT2D eigenvalue weighted by molar-refractivity contribution is -0.0262. The van der Waals surface area contributed by atoms with E-state index >= 15 is 0 Å². The molecule has 4 nitrogen and oxygen atoms in total. The molecule has 0 unspecified atom stereocenters. The van der Waals surface area contributed by atoms with E-state index in [1.807, 2.05) is 6.20 Å². The van der Waals surface area contributed by atoms with Gasteiger partial charge in [-0.15, -0.1) is 5.10 Å². The van der Waals surface area contributed by atoms with Gasteiger partial charge in [0.25, 0.3) is 5.92 Å². The number of anilines is 1. The third-order valence-corrected chi connectivity index (χ3v) is 5.59. The Morgan fingerprint density at radius 2 is 1.85 bits per heavy atom. The molecule has 27 heavy (non-hydrogen) atoms. The van der Waals surface area contributed by atoms with Crippen molar-refractivity contribution in [3.8, 4) is 5.69 Å². The maximum absolute atomic E-state index is 14.4. The van der Waals surface area contributed by atoms with Gasteiger partial charge in [-0.05, 0) is 48.6 Å². The van der Waals surface area contributed by atoms with Gasteiger partial charge in [-0.2, -0.15) is 0 Å². The summed E-state index contributed by atoms with van der Waals surface area (Å²) in [6.45, 7) is -0.684. The summed E-state index contributed by atoms with van der Waals surface area (Å²) in [5.74, 6) is -2.58. The summed E-state index contributed by atoms with van der Waals surface area (Å²) in [6, 6.07) is 6.46. The Morgan fingerprint density at radius 1 is 1.07 bits per heavy atom. The zero-order chi connectivity index (χ0) is 18.6. The lowest BCUT2D eigenvalue weighted by atomic mass is 9.99. The Morgan fingerprint density at radius 3 is 2.59 bits per heavy atom. The first kappa shape index (κ1) is 16.6. The van der Waals surface area contributed by atoms with Crippen molar-refractivity contribution < 1.29 is 13.2 Å². The van der Waals surface area contributed by atoms with Crippen molar-refractivity contribution in [1.82, 2.24) is 14.8 Å². The minimum absolute atomic E-state index is 0.239. The van der Waals surface area contributed by atoms with Crippen molar-refractivity contribution in [1.29, 1.82) is 0 Å². The largest absolute Gasteiger partial charge is 0.359 e. The van der Waals surface area contributed by atoms with Crippen LogP contribution in [0.15, 0.2) is 36.7 Å². The highest BCUT2D eigenvalue weighted by Gasteiger charge is 2.44. The average Bonchev–Trinajstić information content (AvgIpc) is 3.29. The summed E-state index contributed by atoms with van der Waals surface area (Å²) >= 11 is 0. The number of alkyl halides is 2. The molecule has 3 heterocycles. The topological polar surface area (TPSA) is 34.0 Å². The first-order chi connectivity index (χ1) is 13.0. The molecule has 2 aliphatic rings. The van der Waals surface area contributed by atoms with Gasteiger partial charge in [-0.25, -0.2) is 22.8 Å². The molecule has 0 amide bonds. The number of halogens is 3. The standard InChI is InChI=1S/C20H19F3N4/c21-17-6-5-16(26-11-20(22,23)12-26)8-18(17)27-10-15-7-14(9-24-19(15)25-27)13-3-1-2-4-13/h5-10,13H,1-4,11-12H2. The van der Waals surface area contributed by atoms with Gasteiger partial charge in [-0.1, -0.05) is 12.8 Å². The minimum atomic E-state index is -2.67. The molecule has 2 aromatic heterocycles. The molecular weight excluding hydrogens is 353 g/mol. The molecule has 3 aromatic rings. The molecule has 0 atom stereocenters. The molecule has 5 rings (SSSR count). The van der Waals surface area contributed by atoms with Crippen LogP contribution in [0.3, 0.4) is 0 Å². The highest BCUT2D eigenvalue weighted by molar-refractivity contribution is 5.75. The highest BCUT2D eigenvalue weighted by Crippen LogP contribution is 2.35. The van der Waals surface area contributed by atoms with E-state index in [2.05, 4.69) is 16.1 Å². The van der Waals surface area contributed by atoms with Crippen molar-refractivity contribution in [2.24, 2.45) is 0 Å². The monoisotopic (exact) mass is 372 g/mol. The smallest absolute Gasteiger partial charge is 0.282 e. The second kappa shape index (κ2) is 5.97. The molecular formula is C20H19F3N4. The van der Waals surface area contributed by atoms with Crippen LogP contribution in [0.25, 0.3) is 16.7 Å². The van der Waals surface area contributed by atoms with Crippen LogP contribution < -0.4 is 4.90 Å². The number of hydrogen-bond donors (Lipinski definition) is 0. The Balaban J connectivity index is 1.49. The van der Waals surface area contributed by atoms with E-state index in [9.17, 15) is 13.2 Å². The average molecular weight is 372 g/mol. The van der Waals surface area contributed by atoms with Gasteiger partial charge in [0, 0.05) is 23.5 Å². The second-order valence-corrected chi connectivity index (χ2v) is 7.58. The van der Waals surface area contributed by atoms with Gasteiger partial charge in [0.1, 0.15) is 11.5 Å². The lowest BCUT2D eigenvalue weighted by Crippen LogP contribution is -2.56. The van der Waals surface area contributed by atoms with Crippen LogP contribution in [-0.4, -0.2) is 33.8 Å². The van der Waals surface area contributed by atoms with Crippen molar-refractivity contribution in [3.05, 3.63) is 48.0 Å². The summed E-state index contributed by atoms with van der Waals surface area (Å²) in [4.78, 5) is 5.97. The third kappa shape index (κ3) is 2.95. The number of pyridine rings is 1. The van der Waals surface area contributed by atoms with Gasteiger partial charge in [0.05, 0.1) is 13.1 Å². The Bertz CT molecular complexity index is 1000. The van der Waals surface area contributed by atoms with Gasteiger partial charge < -0.3 is 4.90 Å². The van der Waals surface area contributed by atoms with E-state index in [1.54, 1.807) is 12.3 Å². The molecule has 0 N–H and O–H groups in total. The van der Waals surface area contributed by atoms with E-state index in [-0.39, 0.29) is 18.8 Å². The van der Waals surface area contributed by atoms with Gasteiger partial charge in [0.2, 0.25) is 0 Å². The summed E-state index contributed by atoms with van der Waals surface area (Å²) in [7, 11) is 0. The molecule has 7 heteroatoms. The molecule has 2 fully saturated rings. The fraction of sp³-hybridized carbons (Fsp3) is 0.400. The first-order valence-corrected chi connectivity index (χ1v) is 9.27. The fourth-order valence-corrected chi connectivity index (χ4v) is 4.11. The minimum Gasteiger partial charge on any atom is -0.359 e. The Hall–Kier alpha value is -2.57. The summed E-state index contributed by atoms with van der Waals surface area (Å²) in [5, 5.41) is 5.24. The van der Waals surface area contributed by atoms with E-state index in [4.69, 9.17) is 0 Å². The fourth-order valence-electron chi connectivity index (χ4n) is 4.11. The second-order valence-electron chi connectivity index (χ2n) is 7.58. The number of nitrogens with zero attached hydrogens (tertiary/aromatic N) is 4. The van der Waals surface area contributed by atoms with Gasteiger partial charge >= 0.3 is 0 Å². The van der Waals surface area contributed by atoms with E-state index in [0.717, 1.165) is 5.39 Å². The highest BCUT2D eigenvalue weighted by atomic mass is 19.3. The normalized spacial score (nSPS) is 19.6. The predicted molar refractivity (Wildman–Crippen MR) is 97.2 cm³/mol. The van der Waals surface area contributed by atoms with Crippen LogP contribution in [-0.2, 0) is 0 Å². The van der Waals surface area contributed by atoms with Crippen LogP contribution in [0.5, 0.6) is 0 Å². The SMILES string of the molecule is Fc1ccc(N2CC(F)(F)C2)cc1-n1cc2cc(C3CCCC3)cnc2n1. The summed E-state index contributed by atoms with van der Waals surface area (Å²) in [5.41, 5.74) is 2.56. The van der Waals surface area contributed by atoms with Crippen molar-refractivity contribution >= 4 is 16.7 Å². The zero-order valence-electron chi connectivity index (χ0n) is 14.7. The summed E-state index contributed by atoms with van der Waals surface area (Å²) < 4.78 is 42.1. The number of rotatable bonds is 3. The molecule has 1 aromatic carbocycles. The van der Waals surface area contributed by atoms with Crippen LogP contribution in [0, 0.1) is 5.82 Å². The number of aromatic nitrogens is 3. The maximum Gasteiger partial charge on any atom is 0.282 e. The number of hydrogen-bond acceptors (Lipinski definition) is 3. The van der Waals surface area contributed by atoms with E-state index in [0.29, 0.717) is 17.3 Å². The molecule has 0 radical (unpaired) electrons. The van der Waals surface area contributed by atoms with Crippen LogP contribution in [0.4, 0.5) is 18.9 Å². The van der Waals surface area contributed by atoms with Crippen molar-refractivity contribution in [2.75, 3.05) is 18.0 Å². The maximum atomic E-state index is 14.4. The predicted octanol–water partition coefficient (Wildman–Crippen LogP) is 4.67. The Kier molecular flexibility index (Phi) is 3.67. The molecule has 1 saturated heterocycles. The van der Waals surface area contributed by atoms with Gasteiger partial charge in [0.15, 0.2) is 5.65 Å². The quantitative estimate of drug-likeness (QED) is 0.670. The van der Waals surface area contributed by atoms with E-state index in [1.165, 1.54) is 53.0 Å². The molecule has 1 saturated carbocycles. The van der Waals surface area contributed by atoms with Crippen molar-refractivity contribution in [3.63, 3.8) is 0 Å². The molecule has 0 spiro atoms. The van der Waals surface area contributed by atoms with E-state index < -0.39 is 11.7 Å². The molecule has 1 aliphatic carbocycles. The van der Waals surface area contributed by atoms with Gasteiger partial charge in [-0.3, -0.25) is 0 Å². The Labute approximate surface area is 154 Å². The lowest BCUT2D eigenvalue weighted by Gasteiger charge is -2.40. The molecule has 140 valence electrons. The summed E-state index contributed by atoms with van der Waals surface area (Å²) in [6.07, 6.45) is 8.47. The van der Waals surface area contributed by atoms with Crippen LogP contribution in [0.1, 0.15) is 37.2 Å².